The summed E-state index contributed by atoms with van der Waals surface area (Å²) in [6.45, 7) is 1.69. The zero-order chi connectivity index (χ0) is 13.3. The van der Waals surface area contributed by atoms with Crippen LogP contribution in [0, 0.1) is 5.82 Å². The summed E-state index contributed by atoms with van der Waals surface area (Å²) in [4.78, 5) is 25.9. The molecule has 0 bridgehead atoms. The molecule has 0 fully saturated rings. The molecule has 1 N–H and O–H groups in total. The Morgan fingerprint density at radius 1 is 1.44 bits per heavy atom. The average Bonchev–Trinajstić information content (AvgIpc) is 2.79. The number of aromatic nitrogens is 1. The van der Waals surface area contributed by atoms with Crippen LogP contribution in [-0.2, 0) is 9.53 Å². The lowest BCUT2D eigenvalue weighted by Crippen LogP contribution is -2.17. The Hall–Kier alpha value is -1.69. The average molecular weight is 314 g/mol. The van der Waals surface area contributed by atoms with Crippen LogP contribution in [0.1, 0.15) is 17.3 Å². The number of hydrogen-bond donors (Lipinski definition) is 1. The van der Waals surface area contributed by atoms with Gasteiger partial charge in [0.25, 0.3) is 5.78 Å². The number of esters is 1. The van der Waals surface area contributed by atoms with Crippen LogP contribution in [0.2, 0.25) is 0 Å². The first kappa shape index (κ1) is 12.8. The van der Waals surface area contributed by atoms with Crippen molar-refractivity contribution in [3.8, 4) is 0 Å². The highest BCUT2D eigenvalue weighted by atomic mass is 79.9. The Kier molecular flexibility index (Phi) is 3.47. The van der Waals surface area contributed by atoms with Gasteiger partial charge in [0, 0.05) is 16.1 Å². The van der Waals surface area contributed by atoms with Crippen molar-refractivity contribution in [2.75, 3.05) is 6.61 Å². The first-order valence-electron chi connectivity index (χ1n) is 5.22. The topological polar surface area (TPSA) is 59.2 Å². The minimum absolute atomic E-state index is 0.0257. The number of carbonyl (C=O) groups is 2. The molecule has 0 amide bonds. The third-order valence-corrected chi connectivity index (χ3v) is 3.10. The number of aromatic amines is 1. The highest BCUT2D eigenvalue weighted by Gasteiger charge is 2.23. The molecule has 94 valence electrons. The van der Waals surface area contributed by atoms with Crippen molar-refractivity contribution < 1.29 is 18.7 Å². The molecule has 0 unspecified atom stereocenters. The molecular formula is C12H9BrFNO3. The molecule has 6 heteroatoms. The number of nitrogens with one attached hydrogen (secondary N) is 1. The molecule has 1 aromatic heterocycles. The molecule has 0 aliphatic heterocycles. The van der Waals surface area contributed by atoms with Crippen LogP contribution in [0.15, 0.2) is 22.8 Å². The molecule has 0 saturated carbocycles. The van der Waals surface area contributed by atoms with E-state index < -0.39 is 17.6 Å². The minimum atomic E-state index is -0.988. The SMILES string of the molecule is CCOC(=O)C(=O)c1c[nH]c2c(Br)ccc(F)c12. The second kappa shape index (κ2) is 4.89. The summed E-state index contributed by atoms with van der Waals surface area (Å²) in [5.41, 5.74) is 0.407. The van der Waals surface area contributed by atoms with Crippen molar-refractivity contribution in [1.29, 1.82) is 0 Å². The van der Waals surface area contributed by atoms with E-state index >= 15 is 0 Å². The van der Waals surface area contributed by atoms with Crippen LogP contribution in [-0.4, -0.2) is 23.3 Å². The number of hydrogen-bond acceptors (Lipinski definition) is 3. The summed E-state index contributed by atoms with van der Waals surface area (Å²) in [6.07, 6.45) is 1.30. The van der Waals surface area contributed by atoms with Crippen LogP contribution < -0.4 is 0 Å². The van der Waals surface area contributed by atoms with Gasteiger partial charge in [-0.25, -0.2) is 9.18 Å². The van der Waals surface area contributed by atoms with Crippen molar-refractivity contribution >= 4 is 38.6 Å². The number of carbonyl (C=O) groups excluding carboxylic acids is 2. The Labute approximate surface area is 110 Å². The van der Waals surface area contributed by atoms with Gasteiger partial charge in [0.2, 0.25) is 0 Å². The number of benzene rings is 1. The molecule has 0 atom stereocenters. The smallest absolute Gasteiger partial charge is 0.379 e. The summed E-state index contributed by atoms with van der Waals surface area (Å²) < 4.78 is 18.9. The monoisotopic (exact) mass is 313 g/mol. The number of halogens is 2. The largest absolute Gasteiger partial charge is 0.460 e. The molecule has 1 aromatic carbocycles. The molecule has 0 saturated heterocycles. The van der Waals surface area contributed by atoms with Gasteiger partial charge in [0.05, 0.1) is 17.7 Å². The maximum Gasteiger partial charge on any atom is 0.379 e. The molecule has 0 aliphatic rings. The molecule has 0 aliphatic carbocycles. The van der Waals surface area contributed by atoms with E-state index in [1.165, 1.54) is 18.3 Å². The predicted octanol–water partition coefficient (Wildman–Crippen LogP) is 2.82. The molecule has 0 radical (unpaired) electrons. The maximum atomic E-state index is 13.7. The number of Topliss-reactive ketones (excluding diaryl/α,β-unsaturated/α-hetero) is 1. The van der Waals surface area contributed by atoms with Gasteiger partial charge in [-0.3, -0.25) is 4.79 Å². The minimum Gasteiger partial charge on any atom is -0.460 e. The Balaban J connectivity index is 2.56. The lowest BCUT2D eigenvalue weighted by Gasteiger charge is -2.01. The highest BCUT2D eigenvalue weighted by molar-refractivity contribution is 9.10. The summed E-state index contributed by atoms with van der Waals surface area (Å²) >= 11 is 3.24. The molecule has 4 nitrogen and oxygen atoms in total. The van der Waals surface area contributed by atoms with E-state index in [9.17, 15) is 14.0 Å². The maximum absolute atomic E-state index is 13.7. The summed E-state index contributed by atoms with van der Waals surface area (Å²) in [6, 6.07) is 2.75. The normalized spacial score (nSPS) is 10.6. The number of ketones is 1. The van der Waals surface area contributed by atoms with Gasteiger partial charge in [-0.2, -0.15) is 0 Å². The molecule has 0 spiro atoms. The van der Waals surface area contributed by atoms with Crippen molar-refractivity contribution in [2.24, 2.45) is 0 Å². The fourth-order valence-electron chi connectivity index (χ4n) is 1.66. The zero-order valence-electron chi connectivity index (χ0n) is 9.42. The van der Waals surface area contributed by atoms with Crippen LogP contribution in [0.3, 0.4) is 0 Å². The second-order valence-electron chi connectivity index (χ2n) is 3.53. The predicted molar refractivity (Wildman–Crippen MR) is 66.9 cm³/mol. The number of rotatable bonds is 3. The van der Waals surface area contributed by atoms with E-state index in [2.05, 4.69) is 25.7 Å². The standard InChI is InChI=1S/C12H9BrFNO3/c1-2-18-12(17)11(16)6-5-15-10-7(13)3-4-8(14)9(6)10/h3-5,15H,2H2,1H3. The van der Waals surface area contributed by atoms with Gasteiger partial charge in [-0.1, -0.05) is 0 Å². The zero-order valence-corrected chi connectivity index (χ0v) is 11.0. The summed E-state index contributed by atoms with van der Waals surface area (Å²) in [5, 5.41) is 0.0856. The van der Waals surface area contributed by atoms with Gasteiger partial charge < -0.3 is 9.72 Å². The molecule has 2 aromatic rings. The van der Waals surface area contributed by atoms with Crippen LogP contribution >= 0.6 is 15.9 Å². The second-order valence-corrected chi connectivity index (χ2v) is 4.39. The third kappa shape index (κ3) is 2.03. The first-order chi connectivity index (χ1) is 8.56. The fraction of sp³-hybridized carbons (Fsp3) is 0.167. The summed E-state index contributed by atoms with van der Waals surface area (Å²) in [7, 11) is 0. The van der Waals surface area contributed by atoms with Crippen LogP contribution in [0.4, 0.5) is 4.39 Å². The highest BCUT2D eigenvalue weighted by Crippen LogP contribution is 2.28. The molecular weight excluding hydrogens is 305 g/mol. The quantitative estimate of drug-likeness (QED) is 0.538. The van der Waals surface area contributed by atoms with E-state index in [1.807, 2.05) is 0 Å². The van der Waals surface area contributed by atoms with E-state index in [-0.39, 0.29) is 17.6 Å². The molecule has 2 rings (SSSR count). The van der Waals surface area contributed by atoms with Crippen LogP contribution in [0.5, 0.6) is 0 Å². The number of H-pyrrole nitrogens is 1. The summed E-state index contributed by atoms with van der Waals surface area (Å²) in [5.74, 6) is -2.42. The lowest BCUT2D eigenvalue weighted by atomic mass is 10.1. The lowest BCUT2D eigenvalue weighted by molar-refractivity contribution is -0.137. The molecule has 18 heavy (non-hydrogen) atoms. The van der Waals surface area contributed by atoms with E-state index in [1.54, 1.807) is 6.92 Å². The Bertz CT molecular complexity index is 636. The van der Waals surface area contributed by atoms with E-state index in [0.717, 1.165) is 0 Å². The van der Waals surface area contributed by atoms with Gasteiger partial charge >= 0.3 is 5.97 Å². The molecule has 1 heterocycles. The van der Waals surface area contributed by atoms with Gasteiger partial charge in [-0.05, 0) is 35.0 Å². The van der Waals surface area contributed by atoms with E-state index in [4.69, 9.17) is 0 Å². The van der Waals surface area contributed by atoms with Crippen molar-refractivity contribution in [3.05, 3.63) is 34.2 Å². The Morgan fingerprint density at radius 2 is 2.17 bits per heavy atom. The fourth-order valence-corrected chi connectivity index (χ4v) is 2.10. The van der Waals surface area contributed by atoms with Gasteiger partial charge in [0.15, 0.2) is 0 Å². The van der Waals surface area contributed by atoms with E-state index in [0.29, 0.717) is 9.99 Å². The number of ether oxygens (including phenoxy) is 1. The third-order valence-electron chi connectivity index (χ3n) is 2.44. The van der Waals surface area contributed by atoms with Crippen molar-refractivity contribution in [2.45, 2.75) is 6.92 Å². The van der Waals surface area contributed by atoms with Crippen LogP contribution in [0.25, 0.3) is 10.9 Å². The van der Waals surface area contributed by atoms with Gasteiger partial charge in [0.1, 0.15) is 5.82 Å². The van der Waals surface area contributed by atoms with Crippen molar-refractivity contribution in [1.82, 2.24) is 4.98 Å². The Morgan fingerprint density at radius 3 is 2.83 bits per heavy atom. The number of fused-ring (bicyclic) bond motifs is 1. The van der Waals surface area contributed by atoms with Crippen molar-refractivity contribution in [3.63, 3.8) is 0 Å². The first-order valence-corrected chi connectivity index (χ1v) is 6.02. The van der Waals surface area contributed by atoms with Gasteiger partial charge in [-0.15, -0.1) is 0 Å².